The van der Waals surface area contributed by atoms with Crippen LogP contribution in [-0.2, 0) is 0 Å². The number of carbonyl (C=O) groups excluding carboxylic acids is 1. The molecule has 8 heteroatoms. The highest BCUT2D eigenvalue weighted by molar-refractivity contribution is 5.91. The lowest BCUT2D eigenvalue weighted by molar-refractivity contribution is 0.200. The molecule has 0 bridgehead atoms. The van der Waals surface area contributed by atoms with Crippen molar-refractivity contribution in [3.05, 3.63) is 53.7 Å². The van der Waals surface area contributed by atoms with Gasteiger partial charge in [-0.3, -0.25) is 0 Å². The summed E-state index contributed by atoms with van der Waals surface area (Å²) < 4.78 is 7.08. The highest BCUT2D eigenvalue weighted by atomic mass is 16.3. The van der Waals surface area contributed by atoms with E-state index in [9.17, 15) is 4.79 Å². The first-order valence-electron chi connectivity index (χ1n) is 8.59. The van der Waals surface area contributed by atoms with Crippen LogP contribution in [0.3, 0.4) is 0 Å². The largest absolute Gasteiger partial charge is 0.467 e. The van der Waals surface area contributed by atoms with E-state index in [0.29, 0.717) is 6.54 Å². The van der Waals surface area contributed by atoms with Gasteiger partial charge < -0.3 is 14.6 Å². The zero-order valence-electron chi connectivity index (χ0n) is 14.7. The van der Waals surface area contributed by atoms with E-state index >= 15 is 0 Å². The van der Waals surface area contributed by atoms with Gasteiger partial charge in [-0.2, -0.15) is 0 Å². The van der Waals surface area contributed by atoms with Gasteiger partial charge in [-0.05, 0) is 72.5 Å². The van der Waals surface area contributed by atoms with Crippen molar-refractivity contribution < 1.29 is 9.21 Å². The molecule has 1 saturated heterocycles. The van der Waals surface area contributed by atoms with Crippen LogP contribution in [0.15, 0.2) is 41.3 Å². The third kappa shape index (κ3) is 2.94. The predicted molar refractivity (Wildman–Crippen MR) is 95.0 cm³/mol. The number of urea groups is 1. The first kappa shape index (κ1) is 16.3. The molecule has 0 aliphatic carbocycles. The van der Waals surface area contributed by atoms with Crippen molar-refractivity contribution in [1.82, 2.24) is 25.1 Å². The van der Waals surface area contributed by atoms with Gasteiger partial charge in [0.15, 0.2) is 0 Å². The molecule has 2 aromatic heterocycles. The summed E-state index contributed by atoms with van der Waals surface area (Å²) in [5.74, 6) is 0.827. The molecule has 4 rings (SSSR count). The Morgan fingerprint density at radius 1 is 1.35 bits per heavy atom. The fourth-order valence-corrected chi connectivity index (χ4v) is 3.36. The van der Waals surface area contributed by atoms with E-state index < -0.39 is 0 Å². The Bertz CT molecular complexity index is 904. The summed E-state index contributed by atoms with van der Waals surface area (Å²) in [5, 5.41) is 14.3. The molecular formula is C18H20N6O2. The Kier molecular flexibility index (Phi) is 4.16. The van der Waals surface area contributed by atoms with Crippen LogP contribution in [0.5, 0.6) is 0 Å². The maximum atomic E-state index is 12.9. The molecule has 134 valence electrons. The molecular weight excluding hydrogens is 332 g/mol. The Balaban J connectivity index is 1.59. The molecule has 0 radical (unpaired) electrons. The smallest absolute Gasteiger partial charge is 0.322 e. The first-order chi connectivity index (χ1) is 12.6. The summed E-state index contributed by atoms with van der Waals surface area (Å²) in [5.41, 5.74) is 3.63. The molecule has 3 heterocycles. The molecule has 1 aliphatic heterocycles. The van der Waals surface area contributed by atoms with E-state index in [-0.39, 0.29) is 12.1 Å². The number of nitrogens with zero attached hydrogens (tertiary/aromatic N) is 5. The molecule has 3 aromatic rings. The van der Waals surface area contributed by atoms with Crippen molar-refractivity contribution >= 4 is 11.7 Å². The van der Waals surface area contributed by atoms with Gasteiger partial charge >= 0.3 is 6.03 Å². The van der Waals surface area contributed by atoms with E-state index in [1.165, 1.54) is 6.33 Å². The van der Waals surface area contributed by atoms with Crippen molar-refractivity contribution in [3.63, 3.8) is 0 Å². The van der Waals surface area contributed by atoms with Crippen molar-refractivity contribution in [1.29, 1.82) is 0 Å². The standard InChI is InChI=1S/C18H20N6O2/c1-12-9-14(24-11-19-21-22-24)10-15(13(12)2)20-18(25)23-7-3-5-16(23)17-6-4-8-26-17/h4,6,8-11,16H,3,5,7H2,1-2H3,(H,20,25)/t16-/m0/s1. The molecule has 1 aliphatic rings. The van der Waals surface area contributed by atoms with Gasteiger partial charge in [-0.25, -0.2) is 9.48 Å². The Morgan fingerprint density at radius 3 is 2.96 bits per heavy atom. The summed E-state index contributed by atoms with van der Waals surface area (Å²) in [4.78, 5) is 14.7. The minimum Gasteiger partial charge on any atom is -0.467 e. The number of hydrogen-bond donors (Lipinski definition) is 1. The van der Waals surface area contributed by atoms with Crippen LogP contribution in [0.1, 0.15) is 35.8 Å². The lowest BCUT2D eigenvalue weighted by Gasteiger charge is -2.24. The van der Waals surface area contributed by atoms with Crippen LogP contribution in [0, 0.1) is 13.8 Å². The molecule has 1 atom stereocenters. The second-order valence-electron chi connectivity index (χ2n) is 6.49. The molecule has 1 fully saturated rings. The van der Waals surface area contributed by atoms with Gasteiger partial charge in [0.2, 0.25) is 0 Å². The third-order valence-corrected chi connectivity index (χ3v) is 4.89. The van der Waals surface area contributed by atoms with E-state index in [1.54, 1.807) is 10.9 Å². The molecule has 1 N–H and O–H groups in total. The van der Waals surface area contributed by atoms with Crippen LogP contribution in [0.25, 0.3) is 5.69 Å². The topological polar surface area (TPSA) is 89.1 Å². The van der Waals surface area contributed by atoms with E-state index in [2.05, 4.69) is 20.8 Å². The number of benzene rings is 1. The Labute approximate surface area is 150 Å². The maximum Gasteiger partial charge on any atom is 0.322 e. The van der Waals surface area contributed by atoms with Crippen LogP contribution < -0.4 is 5.32 Å². The van der Waals surface area contributed by atoms with Gasteiger partial charge in [0.05, 0.1) is 18.0 Å². The quantitative estimate of drug-likeness (QED) is 0.781. The van der Waals surface area contributed by atoms with E-state index in [1.807, 2.05) is 43.0 Å². The third-order valence-electron chi connectivity index (χ3n) is 4.89. The lowest BCUT2D eigenvalue weighted by Crippen LogP contribution is -2.34. The van der Waals surface area contributed by atoms with Crippen LogP contribution in [-0.4, -0.2) is 37.7 Å². The van der Waals surface area contributed by atoms with Crippen molar-refractivity contribution in [2.45, 2.75) is 32.7 Å². The summed E-state index contributed by atoms with van der Waals surface area (Å²) >= 11 is 0. The molecule has 8 nitrogen and oxygen atoms in total. The Morgan fingerprint density at radius 2 is 2.23 bits per heavy atom. The molecule has 0 spiro atoms. The van der Waals surface area contributed by atoms with Crippen LogP contribution in [0.2, 0.25) is 0 Å². The number of tetrazole rings is 1. The van der Waals surface area contributed by atoms with Gasteiger partial charge in [0, 0.05) is 12.2 Å². The average Bonchev–Trinajstić information content (AvgIpc) is 3.40. The van der Waals surface area contributed by atoms with Crippen LogP contribution >= 0.6 is 0 Å². The van der Waals surface area contributed by atoms with Gasteiger partial charge in [0.1, 0.15) is 12.1 Å². The number of furan rings is 1. The van der Waals surface area contributed by atoms with E-state index in [4.69, 9.17) is 4.42 Å². The fraction of sp³-hybridized carbons (Fsp3) is 0.333. The average molecular weight is 352 g/mol. The zero-order valence-corrected chi connectivity index (χ0v) is 14.7. The number of likely N-dealkylation sites (tertiary alicyclic amines) is 1. The molecule has 26 heavy (non-hydrogen) atoms. The maximum absolute atomic E-state index is 12.9. The Hall–Kier alpha value is -3.16. The second-order valence-corrected chi connectivity index (χ2v) is 6.49. The molecule has 2 amide bonds. The predicted octanol–water partition coefficient (Wildman–Crippen LogP) is 3.24. The van der Waals surface area contributed by atoms with Gasteiger partial charge in [0.25, 0.3) is 0 Å². The number of hydrogen-bond acceptors (Lipinski definition) is 5. The highest BCUT2D eigenvalue weighted by Gasteiger charge is 2.32. The van der Waals surface area contributed by atoms with Gasteiger partial charge in [-0.15, -0.1) is 5.10 Å². The number of rotatable bonds is 3. The number of aromatic nitrogens is 4. The lowest BCUT2D eigenvalue weighted by atomic mass is 10.1. The number of aryl methyl sites for hydroxylation is 1. The minimum atomic E-state index is -0.125. The van der Waals surface area contributed by atoms with E-state index in [0.717, 1.165) is 41.1 Å². The number of amides is 2. The highest BCUT2D eigenvalue weighted by Crippen LogP contribution is 2.33. The SMILES string of the molecule is Cc1cc(-n2cnnn2)cc(NC(=O)N2CCC[C@H]2c2ccco2)c1C. The number of anilines is 1. The number of carbonyl (C=O) groups is 1. The van der Waals surface area contributed by atoms with Crippen molar-refractivity contribution in [3.8, 4) is 5.69 Å². The molecule has 0 unspecified atom stereocenters. The normalized spacial score (nSPS) is 16.8. The molecule has 0 saturated carbocycles. The van der Waals surface area contributed by atoms with Crippen molar-refractivity contribution in [2.75, 3.05) is 11.9 Å². The second kappa shape index (κ2) is 6.62. The summed E-state index contributed by atoms with van der Waals surface area (Å²) in [6.07, 6.45) is 5.04. The summed E-state index contributed by atoms with van der Waals surface area (Å²) in [6.45, 7) is 4.70. The monoisotopic (exact) mass is 352 g/mol. The van der Waals surface area contributed by atoms with Crippen molar-refractivity contribution in [2.24, 2.45) is 0 Å². The fourth-order valence-electron chi connectivity index (χ4n) is 3.36. The minimum absolute atomic E-state index is 0.0194. The summed E-state index contributed by atoms with van der Waals surface area (Å²) in [6, 6.07) is 7.50. The first-order valence-corrected chi connectivity index (χ1v) is 8.59. The zero-order chi connectivity index (χ0) is 18.1. The number of nitrogens with one attached hydrogen (secondary N) is 1. The molecule has 1 aromatic carbocycles. The van der Waals surface area contributed by atoms with Gasteiger partial charge in [-0.1, -0.05) is 0 Å². The van der Waals surface area contributed by atoms with Crippen LogP contribution in [0.4, 0.5) is 10.5 Å². The summed E-state index contributed by atoms with van der Waals surface area (Å²) in [7, 11) is 0.